The third-order valence-corrected chi connectivity index (χ3v) is 7.64. The number of imidazole rings is 1. The maximum Gasteiger partial charge on any atom is 0.573 e. The SMILES string of the molecule is C[C@@H](CNc1ccc(OC(F)(F)F)cc1)N(C(=O)[O-])[C@@H](CC1CCCC1)Cn1cnc2cc(Cl)c(Cl)cc21. The zero-order valence-corrected chi connectivity index (χ0v) is 22.2. The quantitative estimate of drug-likeness (QED) is 0.307. The largest absolute Gasteiger partial charge is 0.573 e. The van der Waals surface area contributed by atoms with Gasteiger partial charge >= 0.3 is 6.36 Å². The number of ether oxygens (including phenoxy) is 1. The Balaban J connectivity index is 1.51. The van der Waals surface area contributed by atoms with Gasteiger partial charge in [0.25, 0.3) is 0 Å². The minimum atomic E-state index is -4.77. The summed E-state index contributed by atoms with van der Waals surface area (Å²) in [5, 5.41) is 16.3. The third kappa shape index (κ3) is 7.17. The molecule has 0 aliphatic heterocycles. The van der Waals surface area contributed by atoms with Crippen molar-refractivity contribution < 1.29 is 27.8 Å². The van der Waals surface area contributed by atoms with Crippen molar-refractivity contribution in [2.45, 2.75) is 64.0 Å². The number of hydrogen-bond acceptors (Lipinski definition) is 5. The number of aromatic nitrogens is 2. The topological polar surface area (TPSA) is 82.5 Å². The maximum atomic E-state index is 12.4. The van der Waals surface area contributed by atoms with Gasteiger partial charge in [-0.25, -0.2) is 4.98 Å². The normalized spacial score (nSPS) is 15.9. The summed E-state index contributed by atoms with van der Waals surface area (Å²) in [6.45, 7) is 2.35. The van der Waals surface area contributed by atoms with Gasteiger partial charge in [0.2, 0.25) is 0 Å². The monoisotopic (exact) mass is 571 g/mol. The van der Waals surface area contributed by atoms with E-state index in [2.05, 4.69) is 15.0 Å². The number of carboxylic acid groups (broad SMARTS) is 1. The molecule has 1 fully saturated rings. The molecular weight excluding hydrogens is 544 g/mol. The molecule has 1 aliphatic carbocycles. The van der Waals surface area contributed by atoms with Gasteiger partial charge in [-0.05, 0) is 55.7 Å². The lowest BCUT2D eigenvalue weighted by molar-refractivity contribution is -0.274. The number of alkyl halides is 3. The van der Waals surface area contributed by atoms with E-state index in [1.165, 1.54) is 29.2 Å². The second-order valence-electron chi connectivity index (χ2n) is 9.67. The predicted octanol–water partition coefficient (Wildman–Crippen LogP) is 6.34. The number of halogens is 5. The summed E-state index contributed by atoms with van der Waals surface area (Å²) in [7, 11) is 0. The summed E-state index contributed by atoms with van der Waals surface area (Å²) in [6.07, 6.45) is 0.589. The molecule has 1 amide bonds. The van der Waals surface area contributed by atoms with Crippen LogP contribution in [-0.2, 0) is 6.54 Å². The molecule has 0 saturated heterocycles. The number of anilines is 1. The number of carbonyl (C=O) groups excluding carboxylic acids is 1. The summed E-state index contributed by atoms with van der Waals surface area (Å²) in [5.41, 5.74) is 1.94. The van der Waals surface area contributed by atoms with Crippen LogP contribution in [0.25, 0.3) is 11.0 Å². The first-order valence-electron chi connectivity index (χ1n) is 12.4. The van der Waals surface area contributed by atoms with Gasteiger partial charge in [-0.2, -0.15) is 0 Å². The number of rotatable bonds is 10. The number of hydrogen-bond donors (Lipinski definition) is 1. The Morgan fingerprint density at radius 3 is 2.50 bits per heavy atom. The van der Waals surface area contributed by atoms with Crippen LogP contribution in [0.1, 0.15) is 39.0 Å². The van der Waals surface area contributed by atoms with E-state index in [4.69, 9.17) is 23.2 Å². The van der Waals surface area contributed by atoms with Crippen LogP contribution in [0, 0.1) is 5.92 Å². The van der Waals surface area contributed by atoms with E-state index < -0.39 is 24.5 Å². The molecule has 12 heteroatoms. The van der Waals surface area contributed by atoms with Crippen LogP contribution in [-0.4, -0.2) is 45.5 Å². The number of carbonyl (C=O) groups is 1. The van der Waals surface area contributed by atoms with Crippen molar-refractivity contribution in [2.75, 3.05) is 11.9 Å². The van der Waals surface area contributed by atoms with Crippen molar-refractivity contribution >= 4 is 46.0 Å². The van der Waals surface area contributed by atoms with Gasteiger partial charge in [0.15, 0.2) is 0 Å². The molecule has 1 N–H and O–H groups in total. The fourth-order valence-corrected chi connectivity index (χ4v) is 5.48. The third-order valence-electron chi connectivity index (χ3n) is 6.92. The first kappa shape index (κ1) is 28.2. The molecule has 7 nitrogen and oxygen atoms in total. The van der Waals surface area contributed by atoms with Crippen LogP contribution >= 0.6 is 23.2 Å². The van der Waals surface area contributed by atoms with Gasteiger partial charge in [-0.1, -0.05) is 48.9 Å². The zero-order chi connectivity index (χ0) is 27.4. The average molecular weight is 572 g/mol. The molecule has 0 spiro atoms. The smallest absolute Gasteiger partial charge is 0.530 e. The fourth-order valence-electron chi connectivity index (χ4n) is 5.16. The molecule has 0 radical (unpaired) electrons. The highest BCUT2D eigenvalue weighted by Gasteiger charge is 2.31. The Hall–Kier alpha value is -2.85. The number of nitrogens with one attached hydrogen (secondary N) is 1. The lowest BCUT2D eigenvalue weighted by Gasteiger charge is -2.40. The maximum absolute atomic E-state index is 12.4. The molecule has 1 heterocycles. The summed E-state index contributed by atoms with van der Waals surface area (Å²) in [6, 6.07) is 7.79. The molecule has 1 aliphatic rings. The Morgan fingerprint density at radius 1 is 1.21 bits per heavy atom. The molecule has 0 unspecified atom stereocenters. The zero-order valence-electron chi connectivity index (χ0n) is 20.7. The van der Waals surface area contributed by atoms with Gasteiger partial charge < -0.3 is 29.4 Å². The number of benzene rings is 2. The summed E-state index contributed by atoms with van der Waals surface area (Å²) < 4.78 is 43.0. The van der Waals surface area contributed by atoms with Gasteiger partial charge in [0.1, 0.15) is 11.8 Å². The van der Waals surface area contributed by atoms with Crippen LogP contribution in [0.15, 0.2) is 42.7 Å². The van der Waals surface area contributed by atoms with Gasteiger partial charge in [-0.3, -0.25) is 0 Å². The first-order chi connectivity index (χ1) is 18.0. The Morgan fingerprint density at radius 2 is 1.87 bits per heavy atom. The van der Waals surface area contributed by atoms with Crippen LogP contribution < -0.4 is 15.2 Å². The Labute approximate surface area is 228 Å². The molecule has 1 aromatic heterocycles. The lowest BCUT2D eigenvalue weighted by Crippen LogP contribution is -2.55. The minimum Gasteiger partial charge on any atom is -0.530 e. The van der Waals surface area contributed by atoms with Gasteiger partial charge in [0, 0.05) is 30.9 Å². The van der Waals surface area contributed by atoms with Crippen molar-refractivity contribution in [1.82, 2.24) is 14.5 Å². The van der Waals surface area contributed by atoms with Crippen LogP contribution in [0.5, 0.6) is 5.75 Å². The van der Waals surface area contributed by atoms with Crippen molar-refractivity contribution in [3.05, 3.63) is 52.8 Å². The van der Waals surface area contributed by atoms with E-state index in [1.807, 2.05) is 4.57 Å². The van der Waals surface area contributed by atoms with E-state index in [1.54, 1.807) is 25.4 Å². The van der Waals surface area contributed by atoms with Crippen molar-refractivity contribution in [3.8, 4) is 5.75 Å². The molecule has 2 atom stereocenters. The molecule has 0 bridgehead atoms. The van der Waals surface area contributed by atoms with Gasteiger partial charge in [-0.15, -0.1) is 13.2 Å². The highest BCUT2D eigenvalue weighted by molar-refractivity contribution is 6.42. The standard InChI is InChI=1S/C26H29Cl2F3N4O3/c1-16(13-32-18-6-8-20(9-7-18)38-26(29,30)31)35(25(36)37)19(10-17-4-2-3-5-17)14-34-15-33-23-11-21(27)22(28)12-24(23)34/h6-9,11-12,15-17,19,32H,2-5,10,13-14H2,1H3,(H,36,37)/p-1/t16-,19-/m0/s1. The predicted molar refractivity (Wildman–Crippen MR) is 138 cm³/mol. The molecule has 2 aromatic carbocycles. The minimum absolute atomic E-state index is 0.223. The van der Waals surface area contributed by atoms with Crippen LogP contribution in [0.4, 0.5) is 23.7 Å². The Bertz CT molecular complexity index is 1250. The molecular formula is C26H28Cl2F3N4O3-. The first-order valence-corrected chi connectivity index (χ1v) is 13.1. The highest BCUT2D eigenvalue weighted by Crippen LogP contribution is 2.32. The van der Waals surface area contributed by atoms with E-state index in [0.29, 0.717) is 40.1 Å². The summed E-state index contributed by atoms with van der Waals surface area (Å²) in [4.78, 5) is 18.2. The molecule has 206 valence electrons. The molecule has 38 heavy (non-hydrogen) atoms. The van der Waals surface area contributed by atoms with Crippen molar-refractivity contribution in [3.63, 3.8) is 0 Å². The molecule has 3 aromatic rings. The van der Waals surface area contributed by atoms with Crippen LogP contribution in [0.3, 0.4) is 0 Å². The number of amides is 1. The number of fused-ring (bicyclic) bond motifs is 1. The Kier molecular flexibility index (Phi) is 8.82. The summed E-state index contributed by atoms with van der Waals surface area (Å²) in [5.74, 6) is 0.0639. The van der Waals surface area contributed by atoms with E-state index in [0.717, 1.165) is 31.2 Å². The van der Waals surface area contributed by atoms with E-state index >= 15 is 0 Å². The second-order valence-corrected chi connectivity index (χ2v) is 10.5. The highest BCUT2D eigenvalue weighted by atomic mass is 35.5. The fraction of sp³-hybridized carbons (Fsp3) is 0.462. The van der Waals surface area contributed by atoms with E-state index in [9.17, 15) is 23.1 Å². The van der Waals surface area contributed by atoms with Crippen molar-refractivity contribution in [2.24, 2.45) is 5.92 Å². The lowest BCUT2D eigenvalue weighted by atomic mass is 9.96. The summed E-state index contributed by atoms with van der Waals surface area (Å²) >= 11 is 12.4. The van der Waals surface area contributed by atoms with Gasteiger partial charge in [0.05, 0.1) is 27.4 Å². The van der Waals surface area contributed by atoms with E-state index in [-0.39, 0.29) is 12.3 Å². The second kappa shape index (κ2) is 11.9. The molecule has 1 saturated carbocycles. The average Bonchev–Trinajstić information content (AvgIpc) is 3.48. The van der Waals surface area contributed by atoms with Crippen LogP contribution in [0.2, 0.25) is 10.0 Å². The molecule has 4 rings (SSSR count). The van der Waals surface area contributed by atoms with Crippen molar-refractivity contribution in [1.29, 1.82) is 0 Å². The number of nitrogens with zero attached hydrogens (tertiary/aromatic N) is 3.